The third kappa shape index (κ3) is 3.97. The lowest BCUT2D eigenvalue weighted by Crippen LogP contribution is -2.34. The maximum atomic E-state index is 13.3. The number of carbonyl (C=O) groups excluding carboxylic acids is 2. The molecule has 132 valence electrons. The molecule has 1 heterocycles. The van der Waals surface area contributed by atoms with Crippen molar-refractivity contribution in [2.45, 2.75) is 0 Å². The quantitative estimate of drug-likeness (QED) is 0.477. The summed E-state index contributed by atoms with van der Waals surface area (Å²) in [5, 5.41) is 0.630. The van der Waals surface area contributed by atoms with Crippen LogP contribution in [0.2, 0.25) is 0 Å². The van der Waals surface area contributed by atoms with E-state index < -0.39 is 5.97 Å². The molecule has 0 radical (unpaired) electrons. The third-order valence-corrected chi connectivity index (χ3v) is 4.78. The Morgan fingerprint density at radius 3 is 2.65 bits per heavy atom. The van der Waals surface area contributed by atoms with E-state index in [1.165, 1.54) is 28.4 Å². The van der Waals surface area contributed by atoms with E-state index in [2.05, 4.69) is 6.58 Å². The molecule has 2 aromatic carbocycles. The number of thiophene rings is 1. The Balaban J connectivity index is 1.68. The zero-order valence-corrected chi connectivity index (χ0v) is 14.7. The predicted octanol–water partition coefficient (Wildman–Crippen LogP) is 4.42. The van der Waals surface area contributed by atoms with Gasteiger partial charge in [-0.25, -0.2) is 9.18 Å². The van der Waals surface area contributed by atoms with Gasteiger partial charge in [0.05, 0.1) is 0 Å². The highest BCUT2D eigenvalue weighted by atomic mass is 32.1. The Hall–Kier alpha value is -2.99. The lowest BCUT2D eigenvalue weighted by atomic mass is 10.2. The van der Waals surface area contributed by atoms with E-state index in [1.54, 1.807) is 30.3 Å². The van der Waals surface area contributed by atoms with Gasteiger partial charge in [0.25, 0.3) is 5.91 Å². The SMILES string of the molecule is C=CCN(C(=O)COC(=O)c1cc2cc(F)ccc2s1)c1ccccc1. The number of fused-ring (bicyclic) bond motifs is 1. The van der Waals surface area contributed by atoms with Crippen LogP contribution in [0.5, 0.6) is 0 Å². The molecular formula is C20H16FNO3S. The molecule has 0 saturated carbocycles. The normalized spacial score (nSPS) is 10.5. The van der Waals surface area contributed by atoms with Crippen molar-refractivity contribution < 1.29 is 18.7 Å². The Morgan fingerprint density at radius 1 is 1.15 bits per heavy atom. The number of hydrogen-bond acceptors (Lipinski definition) is 4. The Morgan fingerprint density at radius 2 is 1.92 bits per heavy atom. The Kier molecular flexibility index (Phi) is 5.43. The topological polar surface area (TPSA) is 46.6 Å². The standard InChI is InChI=1S/C20H16FNO3S/c1-2-10-22(16-6-4-3-5-7-16)19(23)13-25-20(24)18-12-14-11-15(21)8-9-17(14)26-18/h2-9,11-12H,1,10,13H2. The van der Waals surface area contributed by atoms with Crippen molar-refractivity contribution in [1.82, 2.24) is 0 Å². The number of para-hydroxylation sites is 1. The van der Waals surface area contributed by atoms with Gasteiger partial charge in [0.2, 0.25) is 0 Å². The first-order valence-corrected chi connectivity index (χ1v) is 8.72. The van der Waals surface area contributed by atoms with Crippen LogP contribution in [0.25, 0.3) is 10.1 Å². The maximum absolute atomic E-state index is 13.3. The van der Waals surface area contributed by atoms with Crippen molar-refractivity contribution in [3.05, 3.63) is 77.9 Å². The molecule has 0 fully saturated rings. The number of ether oxygens (including phenoxy) is 1. The first-order chi connectivity index (χ1) is 12.6. The molecular weight excluding hydrogens is 353 g/mol. The minimum absolute atomic E-state index is 0.308. The van der Waals surface area contributed by atoms with Gasteiger partial charge in [0.15, 0.2) is 6.61 Å². The first-order valence-electron chi connectivity index (χ1n) is 7.91. The van der Waals surface area contributed by atoms with Gasteiger partial charge in [0, 0.05) is 16.9 Å². The molecule has 0 atom stereocenters. The highest BCUT2D eigenvalue weighted by molar-refractivity contribution is 7.20. The number of benzene rings is 2. The number of anilines is 1. The number of esters is 1. The molecule has 0 spiro atoms. The maximum Gasteiger partial charge on any atom is 0.348 e. The van der Waals surface area contributed by atoms with Crippen LogP contribution in [0.1, 0.15) is 9.67 Å². The lowest BCUT2D eigenvalue weighted by molar-refractivity contribution is -0.121. The minimum Gasteiger partial charge on any atom is -0.451 e. The van der Waals surface area contributed by atoms with Crippen molar-refractivity contribution in [3.63, 3.8) is 0 Å². The second kappa shape index (κ2) is 7.93. The van der Waals surface area contributed by atoms with E-state index in [1.807, 2.05) is 18.2 Å². The second-order valence-electron chi connectivity index (χ2n) is 5.50. The summed E-state index contributed by atoms with van der Waals surface area (Å²) in [4.78, 5) is 26.5. The van der Waals surface area contributed by atoms with Crippen LogP contribution in [-0.2, 0) is 9.53 Å². The highest BCUT2D eigenvalue weighted by Gasteiger charge is 2.18. The molecule has 0 N–H and O–H groups in total. The van der Waals surface area contributed by atoms with E-state index >= 15 is 0 Å². The number of halogens is 1. The molecule has 1 amide bonds. The monoisotopic (exact) mass is 369 g/mol. The summed E-state index contributed by atoms with van der Waals surface area (Å²) in [6, 6.07) is 15.0. The van der Waals surface area contributed by atoms with E-state index in [4.69, 9.17) is 4.74 Å². The number of nitrogens with zero attached hydrogens (tertiary/aromatic N) is 1. The van der Waals surface area contributed by atoms with Crippen LogP contribution >= 0.6 is 11.3 Å². The zero-order valence-electron chi connectivity index (χ0n) is 13.9. The fraction of sp³-hybridized carbons (Fsp3) is 0.100. The largest absolute Gasteiger partial charge is 0.451 e. The Labute approximate surface area is 154 Å². The van der Waals surface area contributed by atoms with E-state index in [9.17, 15) is 14.0 Å². The molecule has 26 heavy (non-hydrogen) atoms. The summed E-state index contributed by atoms with van der Waals surface area (Å²) in [5.74, 6) is -1.32. The summed E-state index contributed by atoms with van der Waals surface area (Å²) in [7, 11) is 0. The lowest BCUT2D eigenvalue weighted by Gasteiger charge is -2.20. The van der Waals surface area contributed by atoms with Gasteiger partial charge in [-0.3, -0.25) is 4.79 Å². The fourth-order valence-electron chi connectivity index (χ4n) is 2.48. The van der Waals surface area contributed by atoms with E-state index in [0.29, 0.717) is 22.5 Å². The predicted molar refractivity (Wildman–Crippen MR) is 101 cm³/mol. The molecule has 1 aromatic heterocycles. The molecule has 0 saturated heterocycles. The summed E-state index contributed by atoms with van der Waals surface area (Å²) < 4.78 is 19.2. The van der Waals surface area contributed by atoms with Gasteiger partial charge in [-0.05, 0) is 41.8 Å². The first kappa shape index (κ1) is 17.8. The van der Waals surface area contributed by atoms with Crippen LogP contribution in [0.15, 0.2) is 67.3 Å². The average Bonchev–Trinajstić information content (AvgIpc) is 3.07. The van der Waals surface area contributed by atoms with E-state index in [-0.39, 0.29) is 18.3 Å². The summed E-state index contributed by atoms with van der Waals surface area (Å²) in [6.07, 6.45) is 1.60. The summed E-state index contributed by atoms with van der Waals surface area (Å²) >= 11 is 1.20. The number of amides is 1. The fourth-order valence-corrected chi connectivity index (χ4v) is 3.42. The van der Waals surface area contributed by atoms with Crippen LogP contribution in [0, 0.1) is 5.82 Å². The Bertz CT molecular complexity index is 952. The van der Waals surface area contributed by atoms with Gasteiger partial charge in [-0.2, -0.15) is 0 Å². The molecule has 0 aliphatic heterocycles. The summed E-state index contributed by atoms with van der Waals surface area (Å²) in [5.41, 5.74) is 0.700. The molecule has 0 aliphatic carbocycles. The van der Waals surface area contributed by atoms with Gasteiger partial charge in [0.1, 0.15) is 10.7 Å². The van der Waals surface area contributed by atoms with E-state index in [0.717, 1.165) is 4.70 Å². The molecule has 0 unspecified atom stereocenters. The number of rotatable bonds is 6. The molecule has 3 rings (SSSR count). The van der Waals surface area contributed by atoms with Gasteiger partial charge >= 0.3 is 5.97 Å². The van der Waals surface area contributed by atoms with Crippen molar-refractivity contribution in [2.24, 2.45) is 0 Å². The van der Waals surface area contributed by atoms with Gasteiger partial charge in [-0.1, -0.05) is 24.3 Å². The van der Waals surface area contributed by atoms with Crippen molar-refractivity contribution in [3.8, 4) is 0 Å². The zero-order chi connectivity index (χ0) is 18.5. The molecule has 6 heteroatoms. The molecule has 0 aliphatic rings. The van der Waals surface area contributed by atoms with Gasteiger partial charge in [-0.15, -0.1) is 17.9 Å². The molecule has 4 nitrogen and oxygen atoms in total. The number of hydrogen-bond donors (Lipinski definition) is 0. The van der Waals surface area contributed by atoms with Crippen molar-refractivity contribution >= 4 is 39.0 Å². The van der Waals surface area contributed by atoms with Crippen LogP contribution in [0.3, 0.4) is 0 Å². The minimum atomic E-state index is -0.605. The molecule has 0 bridgehead atoms. The van der Waals surface area contributed by atoms with Crippen molar-refractivity contribution in [2.75, 3.05) is 18.1 Å². The number of carbonyl (C=O) groups is 2. The van der Waals surface area contributed by atoms with Crippen LogP contribution < -0.4 is 4.90 Å². The second-order valence-corrected chi connectivity index (χ2v) is 6.58. The molecule has 3 aromatic rings. The van der Waals surface area contributed by atoms with Gasteiger partial charge < -0.3 is 9.64 Å². The van der Waals surface area contributed by atoms with Crippen molar-refractivity contribution in [1.29, 1.82) is 0 Å². The third-order valence-electron chi connectivity index (χ3n) is 3.69. The van der Waals surface area contributed by atoms with Crippen LogP contribution in [0.4, 0.5) is 10.1 Å². The van der Waals surface area contributed by atoms with Crippen LogP contribution in [-0.4, -0.2) is 25.0 Å². The summed E-state index contributed by atoms with van der Waals surface area (Å²) in [6.45, 7) is 3.58. The average molecular weight is 369 g/mol. The highest BCUT2D eigenvalue weighted by Crippen LogP contribution is 2.26. The smallest absolute Gasteiger partial charge is 0.348 e.